The van der Waals surface area contributed by atoms with Gasteiger partial charge in [0.15, 0.2) is 4.80 Å². The molecule has 0 saturated heterocycles. The molecule has 186 valence electrons. The van der Waals surface area contributed by atoms with Gasteiger partial charge in [0.25, 0.3) is 11.5 Å². The van der Waals surface area contributed by atoms with Gasteiger partial charge in [0.1, 0.15) is 4.53 Å². The molecule has 0 bridgehead atoms. The van der Waals surface area contributed by atoms with Crippen LogP contribution < -0.4 is 19.8 Å². The molecule has 3 heterocycles. The number of aromatic nitrogens is 1. The largest absolute Gasteiger partial charge is 0.463 e. The summed E-state index contributed by atoms with van der Waals surface area (Å²) in [6, 6.07) is 15.6. The average Bonchev–Trinajstić information content (AvgIpc) is 3.35. The van der Waals surface area contributed by atoms with Gasteiger partial charge in [-0.2, -0.15) is 0 Å². The van der Waals surface area contributed by atoms with Crippen LogP contribution in [0.3, 0.4) is 0 Å². The minimum Gasteiger partial charge on any atom is -0.463 e. The van der Waals surface area contributed by atoms with Crippen molar-refractivity contribution in [1.82, 2.24) is 4.57 Å². The second-order valence-corrected chi connectivity index (χ2v) is 9.46. The van der Waals surface area contributed by atoms with Crippen LogP contribution in [0.4, 0.5) is 5.69 Å². The van der Waals surface area contributed by atoms with Crippen LogP contribution in [-0.2, 0) is 19.1 Å². The van der Waals surface area contributed by atoms with Crippen molar-refractivity contribution in [3.05, 3.63) is 103 Å². The number of fused-ring (bicyclic) bond motifs is 2. The molecule has 3 aromatic rings. The van der Waals surface area contributed by atoms with Gasteiger partial charge in [0.2, 0.25) is 5.91 Å². The molecule has 2 aromatic carbocycles. The fraction of sp³-hybridized carbons (Fsp3) is 0.179. The minimum absolute atomic E-state index is 0.152. The third-order valence-corrected chi connectivity index (χ3v) is 7.23. The van der Waals surface area contributed by atoms with E-state index in [4.69, 9.17) is 4.74 Å². The standard InChI is InChI=1S/C28H23N3O5S/c1-4-36-27(35)22-16(2)29-28-31(21(22)15-14-18-10-6-5-7-11-18)26(34)24(37-28)23-19-12-8-9-13-20(19)30(17(3)32)25(23)33/h5-15,21H,4H2,1-3H3/b15-14+,24-23-/t21-/m0/s1. The number of hydrogen-bond acceptors (Lipinski definition) is 7. The highest BCUT2D eigenvalue weighted by molar-refractivity contribution is 7.07. The molecule has 0 aliphatic carbocycles. The van der Waals surface area contributed by atoms with E-state index in [1.54, 1.807) is 44.2 Å². The number of rotatable bonds is 4. The lowest BCUT2D eigenvalue weighted by atomic mass is 10.0. The lowest BCUT2D eigenvalue weighted by Gasteiger charge is -2.21. The average molecular weight is 514 g/mol. The molecule has 0 N–H and O–H groups in total. The molecule has 1 aromatic heterocycles. The molecule has 8 nitrogen and oxygen atoms in total. The van der Waals surface area contributed by atoms with Crippen LogP contribution in [0.15, 0.2) is 81.7 Å². The van der Waals surface area contributed by atoms with Gasteiger partial charge in [-0.05, 0) is 25.5 Å². The summed E-state index contributed by atoms with van der Waals surface area (Å²) in [4.78, 5) is 58.5. The molecule has 0 unspecified atom stereocenters. The minimum atomic E-state index is -0.791. The van der Waals surface area contributed by atoms with E-state index in [9.17, 15) is 19.2 Å². The molecular weight excluding hydrogens is 490 g/mol. The first-order valence-electron chi connectivity index (χ1n) is 11.7. The molecule has 37 heavy (non-hydrogen) atoms. The molecule has 5 rings (SSSR count). The summed E-state index contributed by atoms with van der Waals surface area (Å²) in [6.07, 6.45) is 3.59. The van der Waals surface area contributed by atoms with Gasteiger partial charge >= 0.3 is 5.97 Å². The number of carbonyl (C=O) groups is 3. The van der Waals surface area contributed by atoms with Crippen molar-refractivity contribution in [3.63, 3.8) is 0 Å². The molecule has 0 fully saturated rings. The Morgan fingerprint density at radius 1 is 1.08 bits per heavy atom. The molecular formula is C28H23N3O5S. The smallest absolute Gasteiger partial charge is 0.338 e. The Labute approximate surface area is 216 Å². The van der Waals surface area contributed by atoms with E-state index in [0.29, 0.717) is 21.7 Å². The van der Waals surface area contributed by atoms with Crippen LogP contribution in [0.5, 0.6) is 0 Å². The third-order valence-electron chi connectivity index (χ3n) is 6.18. The summed E-state index contributed by atoms with van der Waals surface area (Å²) in [5, 5.41) is 0. The Morgan fingerprint density at radius 3 is 2.49 bits per heavy atom. The summed E-state index contributed by atoms with van der Waals surface area (Å²) in [5.74, 6) is -1.56. The van der Waals surface area contributed by atoms with Crippen molar-refractivity contribution in [2.45, 2.75) is 26.8 Å². The number of imide groups is 1. The Balaban J connectivity index is 1.77. The second-order valence-electron chi connectivity index (χ2n) is 8.49. The highest BCUT2D eigenvalue weighted by Gasteiger charge is 2.37. The van der Waals surface area contributed by atoms with Crippen LogP contribution in [0, 0.1) is 0 Å². The predicted molar refractivity (Wildman–Crippen MR) is 140 cm³/mol. The van der Waals surface area contributed by atoms with Gasteiger partial charge in [-0.15, -0.1) is 0 Å². The lowest BCUT2D eigenvalue weighted by molar-refractivity contribution is -0.139. The number of esters is 1. The Bertz CT molecular complexity index is 1700. The lowest BCUT2D eigenvalue weighted by Crippen LogP contribution is -2.40. The van der Waals surface area contributed by atoms with E-state index in [0.717, 1.165) is 21.8 Å². The van der Waals surface area contributed by atoms with Gasteiger partial charge in [0, 0.05) is 12.5 Å². The summed E-state index contributed by atoms with van der Waals surface area (Å²) in [5.41, 5.74) is 2.20. The fourth-order valence-electron chi connectivity index (χ4n) is 4.58. The van der Waals surface area contributed by atoms with Crippen LogP contribution in [0.2, 0.25) is 0 Å². The number of thiazole rings is 1. The zero-order valence-corrected chi connectivity index (χ0v) is 21.2. The molecule has 1 atom stereocenters. The maximum atomic E-state index is 13.9. The second kappa shape index (κ2) is 9.59. The normalized spacial score (nSPS) is 18.1. The molecule has 2 aliphatic rings. The van der Waals surface area contributed by atoms with Gasteiger partial charge in [-0.3, -0.25) is 19.0 Å². The highest BCUT2D eigenvalue weighted by atomic mass is 32.1. The number of anilines is 1. The molecule has 0 spiro atoms. The molecule has 9 heteroatoms. The van der Waals surface area contributed by atoms with Crippen molar-refractivity contribution in [2.24, 2.45) is 4.99 Å². The van der Waals surface area contributed by atoms with E-state index in [1.807, 2.05) is 36.4 Å². The van der Waals surface area contributed by atoms with Crippen LogP contribution in [0.1, 0.15) is 37.9 Å². The van der Waals surface area contributed by atoms with E-state index < -0.39 is 29.4 Å². The maximum Gasteiger partial charge on any atom is 0.338 e. The molecule has 0 radical (unpaired) electrons. The fourth-order valence-corrected chi connectivity index (χ4v) is 5.73. The van der Waals surface area contributed by atoms with Gasteiger partial charge in [0.05, 0.1) is 35.2 Å². The quantitative estimate of drug-likeness (QED) is 0.500. The summed E-state index contributed by atoms with van der Waals surface area (Å²) in [6.45, 7) is 4.89. The number of allylic oxidation sites excluding steroid dienone is 2. The SMILES string of the molecule is CCOC(=O)C1=C(C)N=c2s/c(=C3\C(=O)N(C(C)=O)c4ccccc43)c(=O)n2[C@H]1/C=C/c1ccccc1. The van der Waals surface area contributed by atoms with Crippen molar-refractivity contribution < 1.29 is 19.1 Å². The number of ether oxygens (including phenoxy) is 1. The Kier molecular flexibility index (Phi) is 6.31. The monoisotopic (exact) mass is 513 g/mol. The number of para-hydroxylation sites is 1. The van der Waals surface area contributed by atoms with E-state index in [-0.39, 0.29) is 22.3 Å². The van der Waals surface area contributed by atoms with E-state index in [1.165, 1.54) is 11.5 Å². The first-order chi connectivity index (χ1) is 17.8. The molecule has 2 aliphatic heterocycles. The van der Waals surface area contributed by atoms with Gasteiger partial charge < -0.3 is 4.74 Å². The van der Waals surface area contributed by atoms with Crippen molar-refractivity contribution in [2.75, 3.05) is 11.5 Å². The maximum absolute atomic E-state index is 13.9. The topological polar surface area (TPSA) is 98.0 Å². The first kappa shape index (κ1) is 24.3. The number of carbonyl (C=O) groups excluding carboxylic acids is 3. The van der Waals surface area contributed by atoms with Gasteiger partial charge in [-0.1, -0.05) is 72.0 Å². The number of amides is 2. The van der Waals surface area contributed by atoms with Gasteiger partial charge in [-0.25, -0.2) is 14.7 Å². The Morgan fingerprint density at radius 2 is 1.78 bits per heavy atom. The predicted octanol–water partition coefficient (Wildman–Crippen LogP) is 2.73. The molecule has 0 saturated carbocycles. The van der Waals surface area contributed by atoms with Crippen molar-refractivity contribution >= 4 is 46.5 Å². The first-order valence-corrected chi connectivity index (χ1v) is 12.5. The summed E-state index contributed by atoms with van der Waals surface area (Å²) in [7, 11) is 0. The van der Waals surface area contributed by atoms with Crippen LogP contribution >= 0.6 is 11.3 Å². The number of hydrogen-bond donors (Lipinski definition) is 0. The number of benzene rings is 2. The van der Waals surface area contributed by atoms with Crippen molar-refractivity contribution in [3.8, 4) is 0 Å². The van der Waals surface area contributed by atoms with E-state index in [2.05, 4.69) is 4.99 Å². The zero-order valence-electron chi connectivity index (χ0n) is 20.4. The summed E-state index contributed by atoms with van der Waals surface area (Å²) >= 11 is 1.06. The Hall–Kier alpha value is -4.37. The van der Waals surface area contributed by atoms with E-state index >= 15 is 0 Å². The highest BCUT2D eigenvalue weighted by Crippen LogP contribution is 2.35. The summed E-state index contributed by atoms with van der Waals surface area (Å²) < 4.78 is 6.87. The third kappa shape index (κ3) is 4.07. The van der Waals surface area contributed by atoms with Crippen LogP contribution in [-0.4, -0.2) is 29.0 Å². The zero-order chi connectivity index (χ0) is 26.3. The van der Waals surface area contributed by atoms with Crippen LogP contribution in [0.25, 0.3) is 11.6 Å². The van der Waals surface area contributed by atoms with Crippen molar-refractivity contribution in [1.29, 1.82) is 0 Å². The molecule has 2 amide bonds. The number of nitrogens with zero attached hydrogens (tertiary/aromatic N) is 3.